The summed E-state index contributed by atoms with van der Waals surface area (Å²) >= 11 is 0. The van der Waals surface area contributed by atoms with Crippen molar-refractivity contribution in [3.8, 4) is 0 Å². The molecule has 0 aromatic heterocycles. The average Bonchev–Trinajstić information content (AvgIpc) is 3.21. The van der Waals surface area contributed by atoms with Gasteiger partial charge in [0.05, 0.1) is 12.0 Å². The number of carbonyl (C=O) groups is 2. The molecule has 0 aliphatic heterocycles. The van der Waals surface area contributed by atoms with E-state index in [-0.39, 0.29) is 12.0 Å². The predicted molar refractivity (Wildman–Crippen MR) is 72.1 cm³/mol. The fourth-order valence-electron chi connectivity index (χ4n) is 2.20. The van der Waals surface area contributed by atoms with Crippen LogP contribution in [-0.4, -0.2) is 23.0 Å². The average molecular weight is 315 g/mol. The van der Waals surface area contributed by atoms with Crippen molar-refractivity contribution < 1.29 is 27.9 Å². The number of alkyl halides is 3. The molecule has 7 heteroatoms. The van der Waals surface area contributed by atoms with Gasteiger partial charge in [-0.3, -0.25) is 4.79 Å². The number of halogens is 3. The van der Waals surface area contributed by atoms with Gasteiger partial charge in [0.25, 0.3) is 0 Å². The molecule has 1 aromatic carbocycles. The van der Waals surface area contributed by atoms with Gasteiger partial charge < -0.3 is 10.4 Å². The molecule has 2 N–H and O–H groups in total. The highest BCUT2D eigenvalue weighted by molar-refractivity contribution is 5.84. The number of benzene rings is 1. The van der Waals surface area contributed by atoms with E-state index >= 15 is 0 Å². The summed E-state index contributed by atoms with van der Waals surface area (Å²) in [6.45, 7) is 0. The van der Waals surface area contributed by atoms with Gasteiger partial charge >= 0.3 is 12.1 Å². The maximum absolute atomic E-state index is 12.6. The van der Waals surface area contributed by atoms with E-state index in [0.29, 0.717) is 12.3 Å². The molecule has 2 rings (SSSR count). The number of aliphatic carboxylic acids is 1. The summed E-state index contributed by atoms with van der Waals surface area (Å²) in [7, 11) is 0. The van der Waals surface area contributed by atoms with E-state index < -0.39 is 29.7 Å². The number of nitrogens with one attached hydrogen (secondary N) is 1. The fourth-order valence-corrected chi connectivity index (χ4v) is 2.20. The first-order valence-corrected chi connectivity index (χ1v) is 6.94. The van der Waals surface area contributed by atoms with Crippen molar-refractivity contribution in [2.24, 2.45) is 5.92 Å². The van der Waals surface area contributed by atoms with Crippen LogP contribution in [0.4, 0.5) is 13.2 Å². The molecule has 0 radical (unpaired) electrons. The fraction of sp³-hybridized carbons (Fsp3) is 0.467. The van der Waals surface area contributed by atoms with Crippen molar-refractivity contribution in [3.05, 3.63) is 35.4 Å². The van der Waals surface area contributed by atoms with Gasteiger partial charge in [0.15, 0.2) is 0 Å². The minimum Gasteiger partial charge on any atom is -0.480 e. The highest BCUT2D eigenvalue weighted by Gasteiger charge is 2.31. The van der Waals surface area contributed by atoms with E-state index in [1.165, 1.54) is 12.1 Å². The van der Waals surface area contributed by atoms with Gasteiger partial charge in [0, 0.05) is 0 Å². The maximum Gasteiger partial charge on any atom is 0.416 e. The summed E-state index contributed by atoms with van der Waals surface area (Å²) in [5.41, 5.74) is -0.631. The van der Waals surface area contributed by atoms with Gasteiger partial charge in [0.1, 0.15) is 6.04 Å². The third kappa shape index (κ3) is 4.75. The van der Waals surface area contributed by atoms with Crippen LogP contribution in [0, 0.1) is 5.92 Å². The zero-order chi connectivity index (χ0) is 16.3. The molecule has 0 heterocycles. The summed E-state index contributed by atoms with van der Waals surface area (Å²) in [5, 5.41) is 11.4. The van der Waals surface area contributed by atoms with E-state index in [0.717, 1.165) is 25.0 Å². The van der Waals surface area contributed by atoms with Crippen molar-refractivity contribution in [2.75, 3.05) is 0 Å². The summed E-state index contributed by atoms with van der Waals surface area (Å²) in [5.74, 6) is -1.40. The Hall–Kier alpha value is -2.05. The first kappa shape index (κ1) is 16.3. The molecule has 1 amide bonds. The molecule has 0 bridgehead atoms. The lowest BCUT2D eigenvalue weighted by Gasteiger charge is -2.14. The lowest BCUT2D eigenvalue weighted by molar-refractivity contribution is -0.142. The van der Waals surface area contributed by atoms with Crippen LogP contribution in [0.25, 0.3) is 0 Å². The Morgan fingerprint density at radius 3 is 2.55 bits per heavy atom. The minimum atomic E-state index is -4.47. The number of carboxylic acid groups (broad SMARTS) is 1. The van der Waals surface area contributed by atoms with E-state index in [9.17, 15) is 22.8 Å². The third-order valence-corrected chi connectivity index (χ3v) is 3.52. The first-order valence-electron chi connectivity index (χ1n) is 6.94. The second-order valence-electron chi connectivity index (χ2n) is 5.51. The normalized spacial score (nSPS) is 16.1. The Morgan fingerprint density at radius 2 is 2.00 bits per heavy atom. The van der Waals surface area contributed by atoms with Crippen molar-refractivity contribution in [1.29, 1.82) is 0 Å². The molecule has 22 heavy (non-hydrogen) atoms. The topological polar surface area (TPSA) is 66.4 Å². The SMILES string of the molecule is O=C(Cc1cccc(C(F)(F)F)c1)NC(CC1CC1)C(=O)O. The molecule has 1 atom stereocenters. The molecule has 1 unspecified atom stereocenters. The lowest BCUT2D eigenvalue weighted by atomic mass is 10.1. The Bertz CT molecular complexity index is 567. The predicted octanol–water partition coefficient (Wildman–Crippen LogP) is 2.62. The summed E-state index contributed by atoms with van der Waals surface area (Å²) < 4.78 is 37.8. The van der Waals surface area contributed by atoms with Crippen LogP contribution in [0.5, 0.6) is 0 Å². The van der Waals surface area contributed by atoms with Crippen molar-refractivity contribution in [3.63, 3.8) is 0 Å². The molecule has 1 aromatic rings. The molecule has 1 aliphatic rings. The molecule has 120 valence electrons. The zero-order valence-corrected chi connectivity index (χ0v) is 11.7. The molecule has 0 saturated heterocycles. The van der Waals surface area contributed by atoms with Crippen LogP contribution in [0.2, 0.25) is 0 Å². The van der Waals surface area contributed by atoms with Gasteiger partial charge in [-0.25, -0.2) is 4.79 Å². The molecule has 4 nitrogen and oxygen atoms in total. The van der Waals surface area contributed by atoms with Crippen molar-refractivity contribution in [1.82, 2.24) is 5.32 Å². The largest absolute Gasteiger partial charge is 0.480 e. The van der Waals surface area contributed by atoms with Gasteiger partial charge in [-0.1, -0.05) is 31.0 Å². The van der Waals surface area contributed by atoms with Gasteiger partial charge in [-0.15, -0.1) is 0 Å². The third-order valence-electron chi connectivity index (χ3n) is 3.52. The van der Waals surface area contributed by atoms with Crippen LogP contribution in [0.3, 0.4) is 0 Å². The molecule has 1 aliphatic carbocycles. The van der Waals surface area contributed by atoms with Crippen molar-refractivity contribution >= 4 is 11.9 Å². The van der Waals surface area contributed by atoms with E-state index in [1.807, 2.05) is 0 Å². The standard InChI is InChI=1S/C15H16F3NO3/c16-15(17,18)11-3-1-2-10(6-11)8-13(20)19-12(14(21)22)7-9-4-5-9/h1-3,6,9,12H,4-5,7-8H2,(H,19,20)(H,21,22). The number of carbonyl (C=O) groups excluding carboxylic acids is 1. The quantitative estimate of drug-likeness (QED) is 0.848. The maximum atomic E-state index is 12.6. The van der Waals surface area contributed by atoms with Gasteiger partial charge in [-0.2, -0.15) is 13.2 Å². The second-order valence-corrected chi connectivity index (χ2v) is 5.51. The smallest absolute Gasteiger partial charge is 0.416 e. The van der Waals surface area contributed by atoms with Crippen molar-refractivity contribution in [2.45, 2.75) is 37.9 Å². The lowest BCUT2D eigenvalue weighted by Crippen LogP contribution is -2.41. The molecule has 0 spiro atoms. The monoisotopic (exact) mass is 315 g/mol. The first-order chi connectivity index (χ1) is 10.3. The second kappa shape index (κ2) is 6.37. The summed E-state index contributed by atoms with van der Waals surface area (Å²) in [4.78, 5) is 22.9. The van der Waals surface area contributed by atoms with Crippen LogP contribution in [0.1, 0.15) is 30.4 Å². The molecule has 1 fully saturated rings. The van der Waals surface area contributed by atoms with Gasteiger partial charge in [-0.05, 0) is 24.0 Å². The van der Waals surface area contributed by atoms with Gasteiger partial charge in [0.2, 0.25) is 5.91 Å². The Labute approximate surface area is 125 Å². The van der Waals surface area contributed by atoms with Crippen LogP contribution < -0.4 is 5.32 Å². The highest BCUT2D eigenvalue weighted by Crippen LogP contribution is 2.33. The van der Waals surface area contributed by atoms with E-state index in [2.05, 4.69) is 5.32 Å². The summed E-state index contributed by atoms with van der Waals surface area (Å²) in [6.07, 6.45) is -2.48. The Morgan fingerprint density at radius 1 is 1.32 bits per heavy atom. The summed E-state index contributed by atoms with van der Waals surface area (Å²) in [6, 6.07) is 3.48. The number of amides is 1. The highest BCUT2D eigenvalue weighted by atomic mass is 19.4. The van der Waals surface area contributed by atoms with Crippen LogP contribution in [-0.2, 0) is 22.2 Å². The minimum absolute atomic E-state index is 0.197. The Kier molecular flexibility index (Phi) is 4.73. The zero-order valence-electron chi connectivity index (χ0n) is 11.7. The van der Waals surface area contributed by atoms with E-state index in [4.69, 9.17) is 5.11 Å². The van der Waals surface area contributed by atoms with E-state index in [1.54, 1.807) is 0 Å². The number of carboxylic acids is 1. The molecular weight excluding hydrogens is 299 g/mol. The molecular formula is C15H16F3NO3. The number of rotatable bonds is 6. The number of hydrogen-bond donors (Lipinski definition) is 2. The molecule has 1 saturated carbocycles. The van der Waals surface area contributed by atoms with Crippen LogP contribution in [0.15, 0.2) is 24.3 Å². The van der Waals surface area contributed by atoms with Crippen LogP contribution >= 0.6 is 0 Å². The number of hydrogen-bond acceptors (Lipinski definition) is 2. The Balaban J connectivity index is 1.97.